The number of nitrogens with one attached hydrogen (secondary N) is 1. The highest BCUT2D eigenvalue weighted by molar-refractivity contribution is 5.97. The van der Waals surface area contributed by atoms with E-state index in [0.29, 0.717) is 38.4 Å². The van der Waals surface area contributed by atoms with Gasteiger partial charge in [-0.05, 0) is 61.8 Å². The molecule has 1 aromatic heterocycles. The van der Waals surface area contributed by atoms with Crippen LogP contribution < -0.4 is 20.9 Å². The second kappa shape index (κ2) is 13.5. The molecule has 3 aliphatic rings. The second-order valence-corrected chi connectivity index (χ2v) is 13.2. The summed E-state index contributed by atoms with van der Waals surface area (Å²) in [4.78, 5) is 37.6. The average molecular weight is 620 g/mol. The number of carbonyl (C=O) groups is 2. The Morgan fingerprint density at radius 1 is 1.11 bits per heavy atom. The molecule has 3 aromatic rings. The number of nitriles is 1. The lowest BCUT2D eigenvalue weighted by Crippen LogP contribution is -2.55. The summed E-state index contributed by atoms with van der Waals surface area (Å²) in [6.45, 7) is 9.30. The van der Waals surface area contributed by atoms with E-state index >= 15 is 0 Å². The Hall–Kier alpha value is -4.42. The number of pyridine rings is 1. The topological polar surface area (TPSA) is 119 Å². The van der Waals surface area contributed by atoms with Crippen LogP contribution in [-0.4, -0.2) is 66.0 Å². The fourth-order valence-electron chi connectivity index (χ4n) is 7.68. The van der Waals surface area contributed by atoms with E-state index in [1.54, 1.807) is 4.90 Å². The first kappa shape index (κ1) is 31.6. The van der Waals surface area contributed by atoms with Gasteiger partial charge in [-0.1, -0.05) is 56.2 Å². The van der Waals surface area contributed by atoms with E-state index in [1.807, 2.05) is 6.07 Å². The molecule has 2 fully saturated rings. The minimum atomic E-state index is -0.264. The van der Waals surface area contributed by atoms with Crippen molar-refractivity contribution in [1.82, 2.24) is 15.2 Å². The van der Waals surface area contributed by atoms with Crippen LogP contribution in [0.15, 0.2) is 55.1 Å². The number of nitrogens with zero attached hydrogens (tertiary/aromatic N) is 5. The van der Waals surface area contributed by atoms with Gasteiger partial charge in [0.15, 0.2) is 0 Å². The molecule has 0 bridgehead atoms. The number of anilines is 2. The van der Waals surface area contributed by atoms with Crippen molar-refractivity contribution in [3.05, 3.63) is 77.6 Å². The number of carbonyl (C=O) groups excluding carboxylic acids is 2. The largest absolute Gasteiger partial charge is 0.367 e. The van der Waals surface area contributed by atoms with Crippen molar-refractivity contribution in [2.24, 2.45) is 5.73 Å². The summed E-state index contributed by atoms with van der Waals surface area (Å²) in [5.41, 5.74) is 12.2. The van der Waals surface area contributed by atoms with Crippen molar-refractivity contribution in [2.45, 2.75) is 76.4 Å². The monoisotopic (exact) mass is 619 g/mol. The Morgan fingerprint density at radius 2 is 1.89 bits per heavy atom. The Labute approximate surface area is 272 Å². The summed E-state index contributed by atoms with van der Waals surface area (Å²) in [6, 6.07) is 16.7. The number of piperazine rings is 1. The molecule has 0 radical (unpaired) electrons. The van der Waals surface area contributed by atoms with E-state index < -0.39 is 0 Å². The summed E-state index contributed by atoms with van der Waals surface area (Å²) >= 11 is 0. The van der Waals surface area contributed by atoms with Crippen molar-refractivity contribution < 1.29 is 9.59 Å². The van der Waals surface area contributed by atoms with Crippen molar-refractivity contribution in [2.75, 3.05) is 42.5 Å². The van der Waals surface area contributed by atoms with Crippen LogP contribution in [0, 0.1) is 18.3 Å². The van der Waals surface area contributed by atoms with Crippen molar-refractivity contribution in [3.8, 4) is 6.07 Å². The van der Waals surface area contributed by atoms with Crippen LogP contribution in [-0.2, 0) is 17.8 Å². The Morgan fingerprint density at radius 3 is 2.65 bits per heavy atom. The van der Waals surface area contributed by atoms with Crippen LogP contribution in [0.4, 0.5) is 11.4 Å². The smallest absolute Gasteiger partial charge is 0.269 e. The number of hydrogen-bond acceptors (Lipinski definition) is 7. The Kier molecular flexibility index (Phi) is 9.27. The van der Waals surface area contributed by atoms with Gasteiger partial charge in [0.25, 0.3) is 5.91 Å². The van der Waals surface area contributed by atoms with Crippen molar-refractivity contribution in [1.29, 1.82) is 5.26 Å². The second-order valence-electron chi connectivity index (χ2n) is 13.2. The van der Waals surface area contributed by atoms with Gasteiger partial charge in [-0.15, -0.1) is 0 Å². The summed E-state index contributed by atoms with van der Waals surface area (Å²) in [7, 11) is 0. The van der Waals surface area contributed by atoms with E-state index in [2.05, 4.69) is 71.1 Å². The Bertz CT molecular complexity index is 1670. The first-order valence-electron chi connectivity index (χ1n) is 16.7. The van der Waals surface area contributed by atoms with Gasteiger partial charge in [0, 0.05) is 60.6 Å². The highest BCUT2D eigenvalue weighted by atomic mass is 16.2. The average Bonchev–Trinajstić information content (AvgIpc) is 3.07. The molecule has 9 nitrogen and oxygen atoms in total. The molecule has 0 spiro atoms. The lowest BCUT2D eigenvalue weighted by molar-refractivity contribution is -0.128. The third-order valence-corrected chi connectivity index (χ3v) is 10.2. The number of aryl methyl sites for hydroxylation is 1. The standard InChI is InChI=1S/C37H45N7O2/c1-3-34(45)44-22-21-43(24-28(44)13-18-38)33-23-30(36(46)40-19-17-37(39)15-5-4-6-16-37)41-31-25-42(20-14-29(31)33)32-12-8-11-27-10-7-9-26(2)35(27)32/h3,7-12,23,28H,1,4-6,13-17,19-22,24-25,39H2,2H3,(H,40,46)/t28-/m0/s1. The predicted molar refractivity (Wildman–Crippen MR) is 183 cm³/mol. The number of aromatic nitrogens is 1. The zero-order chi connectivity index (χ0) is 32.3. The van der Waals surface area contributed by atoms with Gasteiger partial charge in [0.1, 0.15) is 5.69 Å². The van der Waals surface area contributed by atoms with Crippen molar-refractivity contribution >= 4 is 34.0 Å². The molecule has 9 heteroatoms. The zero-order valence-corrected chi connectivity index (χ0v) is 26.9. The van der Waals surface area contributed by atoms with Crippen LogP contribution in [0.1, 0.15) is 72.3 Å². The van der Waals surface area contributed by atoms with Gasteiger partial charge in [0.05, 0.1) is 30.8 Å². The first-order chi connectivity index (χ1) is 22.3. The molecule has 3 heterocycles. The minimum absolute atomic E-state index is 0.159. The minimum Gasteiger partial charge on any atom is -0.367 e. The fraction of sp³-hybridized carbons (Fsp3) is 0.459. The number of hydrogen-bond donors (Lipinski definition) is 2. The molecule has 0 unspecified atom stereocenters. The number of fused-ring (bicyclic) bond motifs is 2. The summed E-state index contributed by atoms with van der Waals surface area (Å²) in [5.74, 6) is -0.357. The first-order valence-corrected chi connectivity index (χ1v) is 16.7. The zero-order valence-electron chi connectivity index (χ0n) is 26.9. The summed E-state index contributed by atoms with van der Waals surface area (Å²) < 4.78 is 0. The molecule has 2 amide bonds. The fourth-order valence-corrected chi connectivity index (χ4v) is 7.68. The SMILES string of the molecule is C=CC(=O)N1CCN(c2cc(C(=O)NCCC3(N)CCCCC3)nc3c2CCN(c2cccc4cccc(C)c24)C3)C[C@@H]1CC#N. The molecule has 6 rings (SSSR count). The lowest BCUT2D eigenvalue weighted by atomic mass is 9.80. The summed E-state index contributed by atoms with van der Waals surface area (Å²) in [6.07, 6.45) is 8.58. The van der Waals surface area contributed by atoms with E-state index in [9.17, 15) is 14.9 Å². The molecule has 1 saturated carbocycles. The molecule has 1 aliphatic carbocycles. The quantitative estimate of drug-likeness (QED) is 0.341. The molecule has 2 aliphatic heterocycles. The van der Waals surface area contributed by atoms with Gasteiger partial charge < -0.3 is 25.8 Å². The molecule has 3 N–H and O–H groups in total. The number of nitrogens with two attached hydrogens (primary N) is 1. The highest BCUT2D eigenvalue weighted by Crippen LogP contribution is 2.36. The molecule has 46 heavy (non-hydrogen) atoms. The number of benzene rings is 2. The lowest BCUT2D eigenvalue weighted by Gasteiger charge is -2.43. The van der Waals surface area contributed by atoms with E-state index in [4.69, 9.17) is 10.7 Å². The maximum Gasteiger partial charge on any atom is 0.269 e. The van der Waals surface area contributed by atoms with Crippen LogP contribution in [0.25, 0.3) is 10.8 Å². The van der Waals surface area contributed by atoms with Crippen LogP contribution >= 0.6 is 0 Å². The van der Waals surface area contributed by atoms with Gasteiger partial charge >= 0.3 is 0 Å². The van der Waals surface area contributed by atoms with Crippen LogP contribution in [0.3, 0.4) is 0 Å². The predicted octanol–water partition coefficient (Wildman–Crippen LogP) is 5.00. The molecule has 240 valence electrons. The van der Waals surface area contributed by atoms with Gasteiger partial charge in [0.2, 0.25) is 5.91 Å². The highest BCUT2D eigenvalue weighted by Gasteiger charge is 2.33. The normalized spacial score (nSPS) is 19.3. The van der Waals surface area contributed by atoms with Crippen molar-refractivity contribution in [3.63, 3.8) is 0 Å². The molecular weight excluding hydrogens is 574 g/mol. The van der Waals surface area contributed by atoms with E-state index in [1.165, 1.54) is 34.5 Å². The maximum absolute atomic E-state index is 13.7. The Balaban J connectivity index is 1.31. The van der Waals surface area contributed by atoms with Crippen LogP contribution in [0.5, 0.6) is 0 Å². The molecular formula is C37H45N7O2. The van der Waals surface area contributed by atoms with Crippen LogP contribution in [0.2, 0.25) is 0 Å². The van der Waals surface area contributed by atoms with E-state index in [-0.39, 0.29) is 29.8 Å². The third kappa shape index (κ3) is 6.45. The molecule has 1 atom stereocenters. The number of amides is 2. The van der Waals surface area contributed by atoms with E-state index in [0.717, 1.165) is 62.0 Å². The van der Waals surface area contributed by atoms with Gasteiger partial charge in [-0.2, -0.15) is 5.26 Å². The van der Waals surface area contributed by atoms with Gasteiger partial charge in [-0.25, -0.2) is 4.98 Å². The summed E-state index contributed by atoms with van der Waals surface area (Å²) in [5, 5.41) is 15.1. The molecule has 2 aromatic carbocycles. The third-order valence-electron chi connectivity index (χ3n) is 10.2. The molecule has 1 saturated heterocycles. The van der Waals surface area contributed by atoms with Gasteiger partial charge in [-0.3, -0.25) is 9.59 Å². The number of rotatable bonds is 8. The maximum atomic E-state index is 13.7.